The minimum absolute atomic E-state index is 0.270. The van der Waals surface area contributed by atoms with Gasteiger partial charge in [0.15, 0.2) is 0 Å². The molecule has 1 aromatic carbocycles. The number of aliphatic hydroxyl groups excluding tert-OH is 1. The van der Waals surface area contributed by atoms with E-state index in [0.29, 0.717) is 11.1 Å². The average molecular weight is 183 g/mol. The van der Waals surface area contributed by atoms with Crippen LogP contribution in [0.15, 0.2) is 18.2 Å². The van der Waals surface area contributed by atoms with E-state index in [1.165, 1.54) is 0 Å². The number of hydrogen-bond acceptors (Lipinski definition) is 2. The van der Waals surface area contributed by atoms with Crippen molar-refractivity contribution in [1.29, 1.82) is 0 Å². The maximum atomic E-state index is 13.5. The number of halogens is 1. The third-order valence-electron chi connectivity index (χ3n) is 2.14. The van der Waals surface area contributed by atoms with Gasteiger partial charge < -0.3 is 10.8 Å². The molecule has 0 radical (unpaired) electrons. The maximum absolute atomic E-state index is 13.5. The van der Waals surface area contributed by atoms with Crippen molar-refractivity contribution in [2.75, 3.05) is 6.61 Å². The van der Waals surface area contributed by atoms with Crippen LogP contribution in [-0.4, -0.2) is 11.7 Å². The van der Waals surface area contributed by atoms with E-state index in [2.05, 4.69) is 0 Å². The Morgan fingerprint density at radius 2 is 2.15 bits per heavy atom. The van der Waals surface area contributed by atoms with Crippen LogP contribution in [-0.2, 0) is 5.54 Å². The lowest BCUT2D eigenvalue weighted by atomic mass is 9.92. The third-order valence-corrected chi connectivity index (χ3v) is 2.14. The van der Waals surface area contributed by atoms with E-state index < -0.39 is 5.54 Å². The van der Waals surface area contributed by atoms with Gasteiger partial charge in [-0.25, -0.2) is 4.39 Å². The van der Waals surface area contributed by atoms with Gasteiger partial charge in [0.2, 0.25) is 0 Å². The molecule has 0 spiro atoms. The van der Waals surface area contributed by atoms with E-state index >= 15 is 0 Å². The summed E-state index contributed by atoms with van der Waals surface area (Å²) in [6, 6.07) is 5.00. The first-order valence-corrected chi connectivity index (χ1v) is 4.14. The second-order valence-corrected chi connectivity index (χ2v) is 3.51. The lowest BCUT2D eigenvalue weighted by molar-refractivity contribution is 0.206. The van der Waals surface area contributed by atoms with Crippen LogP contribution in [0.4, 0.5) is 4.39 Å². The van der Waals surface area contributed by atoms with Crippen LogP contribution in [0.1, 0.15) is 18.1 Å². The SMILES string of the molecule is Cc1cccc(C(C)(N)CO)c1F. The van der Waals surface area contributed by atoms with Gasteiger partial charge >= 0.3 is 0 Å². The van der Waals surface area contributed by atoms with Crippen LogP contribution >= 0.6 is 0 Å². The molecule has 3 heteroatoms. The summed E-state index contributed by atoms with van der Waals surface area (Å²) in [5, 5.41) is 8.97. The Balaban J connectivity index is 3.22. The normalized spacial score (nSPS) is 15.5. The largest absolute Gasteiger partial charge is 0.394 e. The zero-order chi connectivity index (χ0) is 10.1. The van der Waals surface area contributed by atoms with Gasteiger partial charge in [0.25, 0.3) is 0 Å². The third kappa shape index (κ3) is 1.87. The molecule has 0 saturated carbocycles. The Bertz CT molecular complexity index is 310. The van der Waals surface area contributed by atoms with Crippen LogP contribution in [0.25, 0.3) is 0 Å². The Morgan fingerprint density at radius 3 is 2.69 bits per heavy atom. The standard InChI is InChI=1S/C10H14FNO/c1-7-4-3-5-8(9(7)11)10(2,12)6-13/h3-5,13H,6,12H2,1-2H3. The predicted molar refractivity (Wildman–Crippen MR) is 49.8 cm³/mol. The van der Waals surface area contributed by atoms with E-state index in [4.69, 9.17) is 10.8 Å². The number of benzene rings is 1. The number of hydrogen-bond donors (Lipinski definition) is 2. The molecule has 2 nitrogen and oxygen atoms in total. The topological polar surface area (TPSA) is 46.2 Å². The molecule has 1 atom stereocenters. The van der Waals surface area contributed by atoms with E-state index in [9.17, 15) is 4.39 Å². The Hall–Kier alpha value is -0.930. The van der Waals surface area contributed by atoms with Crippen LogP contribution in [0.3, 0.4) is 0 Å². The molecule has 0 bridgehead atoms. The molecule has 0 aliphatic rings. The highest BCUT2D eigenvalue weighted by molar-refractivity contribution is 5.30. The lowest BCUT2D eigenvalue weighted by Gasteiger charge is -2.23. The first kappa shape index (κ1) is 10.2. The van der Waals surface area contributed by atoms with Crippen molar-refractivity contribution >= 4 is 0 Å². The number of aryl methyl sites for hydroxylation is 1. The molecule has 0 aliphatic carbocycles. The van der Waals surface area contributed by atoms with Crippen molar-refractivity contribution in [2.45, 2.75) is 19.4 Å². The van der Waals surface area contributed by atoms with Gasteiger partial charge in [-0.3, -0.25) is 0 Å². The summed E-state index contributed by atoms with van der Waals surface area (Å²) in [5.74, 6) is -0.332. The fourth-order valence-electron chi connectivity index (χ4n) is 1.17. The van der Waals surface area contributed by atoms with Gasteiger partial charge in [0.1, 0.15) is 5.82 Å². The molecule has 0 heterocycles. The molecule has 1 unspecified atom stereocenters. The average Bonchev–Trinajstić information content (AvgIpc) is 2.09. The van der Waals surface area contributed by atoms with Gasteiger partial charge in [-0.2, -0.15) is 0 Å². The van der Waals surface area contributed by atoms with E-state index in [1.54, 1.807) is 32.0 Å². The predicted octanol–water partition coefficient (Wildman–Crippen LogP) is 1.30. The number of rotatable bonds is 2. The number of aliphatic hydroxyl groups is 1. The zero-order valence-electron chi connectivity index (χ0n) is 7.84. The highest BCUT2D eigenvalue weighted by Crippen LogP contribution is 2.22. The minimum Gasteiger partial charge on any atom is -0.394 e. The molecular weight excluding hydrogens is 169 g/mol. The summed E-state index contributed by atoms with van der Waals surface area (Å²) in [6.45, 7) is 3.00. The Labute approximate surface area is 77.2 Å². The van der Waals surface area contributed by atoms with Crippen molar-refractivity contribution in [3.63, 3.8) is 0 Å². The molecule has 0 aliphatic heterocycles. The van der Waals surface area contributed by atoms with Gasteiger partial charge in [-0.1, -0.05) is 18.2 Å². The fourth-order valence-corrected chi connectivity index (χ4v) is 1.17. The summed E-state index contributed by atoms with van der Waals surface area (Å²) in [5.41, 5.74) is 5.61. The fraction of sp³-hybridized carbons (Fsp3) is 0.400. The first-order chi connectivity index (χ1) is 5.99. The zero-order valence-corrected chi connectivity index (χ0v) is 7.84. The number of nitrogens with two attached hydrogens (primary N) is 1. The van der Waals surface area contributed by atoms with Crippen molar-refractivity contribution in [3.05, 3.63) is 35.1 Å². The van der Waals surface area contributed by atoms with Crippen LogP contribution in [0.2, 0.25) is 0 Å². The van der Waals surface area contributed by atoms with Gasteiger partial charge in [0, 0.05) is 5.56 Å². The molecular formula is C10H14FNO. The van der Waals surface area contributed by atoms with E-state index in [0.717, 1.165) is 0 Å². The van der Waals surface area contributed by atoms with E-state index in [1.807, 2.05) is 0 Å². The summed E-state index contributed by atoms with van der Waals surface area (Å²) in [6.07, 6.45) is 0. The second kappa shape index (κ2) is 3.44. The summed E-state index contributed by atoms with van der Waals surface area (Å²) in [4.78, 5) is 0. The molecule has 1 aromatic rings. The summed E-state index contributed by atoms with van der Waals surface area (Å²) >= 11 is 0. The van der Waals surface area contributed by atoms with Gasteiger partial charge in [-0.05, 0) is 19.4 Å². The highest BCUT2D eigenvalue weighted by atomic mass is 19.1. The summed E-state index contributed by atoms with van der Waals surface area (Å²) in [7, 11) is 0. The van der Waals surface area contributed by atoms with Crippen LogP contribution in [0, 0.1) is 12.7 Å². The molecule has 13 heavy (non-hydrogen) atoms. The van der Waals surface area contributed by atoms with Gasteiger partial charge in [0.05, 0.1) is 12.1 Å². The molecule has 72 valence electrons. The monoisotopic (exact) mass is 183 g/mol. The minimum atomic E-state index is -1.00. The Kier molecular flexibility index (Phi) is 2.68. The van der Waals surface area contributed by atoms with Crippen molar-refractivity contribution < 1.29 is 9.50 Å². The second-order valence-electron chi connectivity index (χ2n) is 3.51. The highest BCUT2D eigenvalue weighted by Gasteiger charge is 2.24. The summed E-state index contributed by atoms with van der Waals surface area (Å²) < 4.78 is 13.5. The molecule has 0 aromatic heterocycles. The molecule has 0 fully saturated rings. The quantitative estimate of drug-likeness (QED) is 0.726. The molecule has 1 rings (SSSR count). The van der Waals surface area contributed by atoms with E-state index in [-0.39, 0.29) is 12.4 Å². The molecule has 0 amide bonds. The van der Waals surface area contributed by atoms with Crippen LogP contribution < -0.4 is 5.73 Å². The van der Waals surface area contributed by atoms with Crippen molar-refractivity contribution in [2.24, 2.45) is 5.73 Å². The van der Waals surface area contributed by atoms with Crippen LogP contribution in [0.5, 0.6) is 0 Å². The first-order valence-electron chi connectivity index (χ1n) is 4.14. The molecule has 0 saturated heterocycles. The lowest BCUT2D eigenvalue weighted by Crippen LogP contribution is -2.38. The van der Waals surface area contributed by atoms with Gasteiger partial charge in [-0.15, -0.1) is 0 Å². The Morgan fingerprint density at radius 1 is 1.54 bits per heavy atom. The van der Waals surface area contributed by atoms with Crippen molar-refractivity contribution in [3.8, 4) is 0 Å². The smallest absolute Gasteiger partial charge is 0.131 e. The molecule has 3 N–H and O–H groups in total. The van der Waals surface area contributed by atoms with Crippen molar-refractivity contribution in [1.82, 2.24) is 0 Å². The maximum Gasteiger partial charge on any atom is 0.131 e.